The standard InChI is InChI=1S/C6H10NO3/c1-3-5-9-7(8)10-6-4-2/h3-4H,1-2,5-6H2/q+1. The molecule has 0 saturated heterocycles. The maximum absolute atomic E-state index is 10.3. The van der Waals surface area contributed by atoms with Crippen LogP contribution in [0.25, 0.3) is 0 Å². The zero-order chi connectivity index (χ0) is 7.82. The van der Waals surface area contributed by atoms with Gasteiger partial charge in [-0.15, -0.1) is 0 Å². The molecule has 0 aromatic heterocycles. The summed E-state index contributed by atoms with van der Waals surface area (Å²) in [7, 11) is 0. The maximum atomic E-state index is 10.3. The van der Waals surface area contributed by atoms with Crippen LogP contribution in [-0.2, 0) is 9.68 Å². The molecule has 0 atom stereocenters. The van der Waals surface area contributed by atoms with E-state index in [1.54, 1.807) is 0 Å². The molecule has 0 aliphatic heterocycles. The minimum atomic E-state index is 0.0311. The van der Waals surface area contributed by atoms with Crippen molar-refractivity contribution in [2.75, 3.05) is 13.2 Å². The summed E-state index contributed by atoms with van der Waals surface area (Å²) < 4.78 is 0. The number of hydrogen-bond acceptors (Lipinski definition) is 3. The predicted octanol–water partition coefficient (Wildman–Crippen LogP) is 1.00. The fourth-order valence-electron chi connectivity index (χ4n) is 0.264. The molecule has 0 radical (unpaired) electrons. The van der Waals surface area contributed by atoms with Gasteiger partial charge >= 0.3 is 5.09 Å². The van der Waals surface area contributed by atoms with Crippen molar-refractivity contribution in [3.05, 3.63) is 30.2 Å². The molecule has 0 N–H and O–H groups in total. The Kier molecular flexibility index (Phi) is 5.04. The fourth-order valence-corrected chi connectivity index (χ4v) is 0.264. The summed E-state index contributed by atoms with van der Waals surface area (Å²) in [6, 6.07) is 0. The first kappa shape index (κ1) is 8.68. The van der Waals surface area contributed by atoms with Crippen LogP contribution in [0.15, 0.2) is 25.3 Å². The average molecular weight is 144 g/mol. The molecule has 0 fully saturated rings. The van der Waals surface area contributed by atoms with Crippen molar-refractivity contribution in [1.29, 1.82) is 0 Å². The van der Waals surface area contributed by atoms with Crippen LogP contribution in [0.3, 0.4) is 0 Å². The van der Waals surface area contributed by atoms with Crippen LogP contribution in [0, 0.1) is 4.91 Å². The van der Waals surface area contributed by atoms with Crippen LogP contribution in [0.5, 0.6) is 0 Å². The van der Waals surface area contributed by atoms with Gasteiger partial charge in [0.25, 0.3) is 0 Å². The summed E-state index contributed by atoms with van der Waals surface area (Å²) in [5, 5.41) is 0.0311. The van der Waals surface area contributed by atoms with Gasteiger partial charge in [-0.25, -0.2) is 0 Å². The topological polar surface area (TPSA) is 38.5 Å². The largest absolute Gasteiger partial charge is 0.478 e. The predicted molar refractivity (Wildman–Crippen MR) is 35.9 cm³/mol. The lowest BCUT2D eigenvalue weighted by Crippen LogP contribution is -2.10. The van der Waals surface area contributed by atoms with Gasteiger partial charge in [-0.2, -0.15) is 9.68 Å². The van der Waals surface area contributed by atoms with E-state index in [1.165, 1.54) is 12.2 Å². The summed E-state index contributed by atoms with van der Waals surface area (Å²) in [5.74, 6) is 0. The molecule has 0 aromatic carbocycles. The zero-order valence-electron chi connectivity index (χ0n) is 5.66. The van der Waals surface area contributed by atoms with E-state index in [0.717, 1.165) is 0 Å². The lowest BCUT2D eigenvalue weighted by molar-refractivity contribution is -0.978. The second-order valence-electron chi connectivity index (χ2n) is 1.39. The van der Waals surface area contributed by atoms with Gasteiger partial charge < -0.3 is 0 Å². The third-order valence-corrected chi connectivity index (χ3v) is 0.596. The molecule has 0 aromatic rings. The number of hydrogen-bond donors (Lipinski definition) is 0. The van der Waals surface area contributed by atoms with Gasteiger partial charge in [0, 0.05) is 0 Å². The lowest BCUT2D eigenvalue weighted by Gasteiger charge is -1.86. The average Bonchev–Trinajstić information content (AvgIpc) is 1.97. The second-order valence-corrected chi connectivity index (χ2v) is 1.39. The first-order chi connectivity index (χ1) is 4.81. The molecule has 0 bridgehead atoms. The van der Waals surface area contributed by atoms with Crippen molar-refractivity contribution in [2.24, 2.45) is 0 Å². The summed E-state index contributed by atoms with van der Waals surface area (Å²) in [6.45, 7) is 6.97. The van der Waals surface area contributed by atoms with Crippen molar-refractivity contribution in [3.8, 4) is 0 Å². The Hall–Kier alpha value is -1.32. The van der Waals surface area contributed by atoms with E-state index in [-0.39, 0.29) is 18.3 Å². The Labute approximate surface area is 59.2 Å². The van der Waals surface area contributed by atoms with Gasteiger partial charge in [0.2, 0.25) is 0 Å². The highest BCUT2D eigenvalue weighted by Gasteiger charge is 2.07. The molecular formula is C6H10NO3+. The van der Waals surface area contributed by atoms with Crippen molar-refractivity contribution in [3.63, 3.8) is 0 Å². The summed E-state index contributed by atoms with van der Waals surface area (Å²) in [4.78, 5) is 19.1. The van der Waals surface area contributed by atoms with E-state index >= 15 is 0 Å². The fraction of sp³-hybridized carbons (Fsp3) is 0.333. The van der Waals surface area contributed by atoms with E-state index in [4.69, 9.17) is 0 Å². The molecule has 0 rings (SSSR count). The van der Waals surface area contributed by atoms with E-state index in [1.807, 2.05) is 0 Å². The van der Waals surface area contributed by atoms with E-state index in [2.05, 4.69) is 22.8 Å². The van der Waals surface area contributed by atoms with Crippen molar-refractivity contribution in [2.45, 2.75) is 0 Å². The van der Waals surface area contributed by atoms with E-state index in [9.17, 15) is 4.91 Å². The SMILES string of the molecule is C=CCO[N+](=O)OCC=C. The van der Waals surface area contributed by atoms with Crippen LogP contribution in [0.1, 0.15) is 0 Å². The quantitative estimate of drug-likeness (QED) is 0.412. The van der Waals surface area contributed by atoms with Crippen LogP contribution < -0.4 is 0 Å². The molecule has 0 unspecified atom stereocenters. The van der Waals surface area contributed by atoms with Crippen LogP contribution in [0.4, 0.5) is 0 Å². The van der Waals surface area contributed by atoms with E-state index < -0.39 is 0 Å². The Bertz CT molecular complexity index is 119. The third kappa shape index (κ3) is 4.83. The van der Waals surface area contributed by atoms with Gasteiger partial charge in [0.1, 0.15) is 4.91 Å². The highest BCUT2D eigenvalue weighted by Crippen LogP contribution is 1.81. The van der Waals surface area contributed by atoms with Crippen molar-refractivity contribution >= 4 is 0 Å². The number of rotatable bonds is 6. The molecule has 0 saturated carbocycles. The normalized spacial score (nSPS) is 8.00. The maximum Gasteiger partial charge on any atom is 0.478 e. The Morgan fingerprint density at radius 1 is 1.20 bits per heavy atom. The summed E-state index contributed by atoms with van der Waals surface area (Å²) in [5.41, 5.74) is 0. The highest BCUT2D eigenvalue weighted by atomic mass is 17.0. The molecule has 0 aliphatic rings. The molecular weight excluding hydrogens is 134 g/mol. The van der Waals surface area contributed by atoms with Gasteiger partial charge in [-0.1, -0.05) is 13.2 Å². The van der Waals surface area contributed by atoms with Crippen molar-refractivity contribution in [1.82, 2.24) is 0 Å². The second kappa shape index (κ2) is 5.81. The van der Waals surface area contributed by atoms with Crippen LogP contribution >= 0.6 is 0 Å². The zero-order valence-corrected chi connectivity index (χ0v) is 5.66. The van der Waals surface area contributed by atoms with E-state index in [0.29, 0.717) is 0 Å². The Morgan fingerprint density at radius 2 is 1.60 bits per heavy atom. The first-order valence-corrected chi connectivity index (χ1v) is 2.76. The third-order valence-electron chi connectivity index (χ3n) is 0.596. The van der Waals surface area contributed by atoms with Gasteiger partial charge in [-0.05, 0) is 12.2 Å². The molecule has 4 heteroatoms. The minimum absolute atomic E-state index is 0.0311. The van der Waals surface area contributed by atoms with Crippen LogP contribution in [0.2, 0.25) is 0 Å². The van der Waals surface area contributed by atoms with Crippen molar-refractivity contribution < 1.29 is 14.8 Å². The Balaban J connectivity index is 3.24. The molecule has 10 heavy (non-hydrogen) atoms. The molecule has 4 nitrogen and oxygen atoms in total. The summed E-state index contributed by atoms with van der Waals surface area (Å²) in [6.07, 6.45) is 2.89. The summed E-state index contributed by atoms with van der Waals surface area (Å²) >= 11 is 0. The molecule has 0 amide bonds. The molecule has 0 aliphatic carbocycles. The molecule has 0 heterocycles. The van der Waals surface area contributed by atoms with Gasteiger partial charge in [0.15, 0.2) is 13.2 Å². The first-order valence-electron chi connectivity index (χ1n) is 2.76. The lowest BCUT2D eigenvalue weighted by atomic mass is 10.7. The molecule has 0 spiro atoms. The highest BCUT2D eigenvalue weighted by molar-refractivity contribution is 4.62. The minimum Gasteiger partial charge on any atom is -0.182 e. The van der Waals surface area contributed by atoms with Gasteiger partial charge in [-0.3, -0.25) is 0 Å². The van der Waals surface area contributed by atoms with Crippen LogP contribution in [-0.4, -0.2) is 18.3 Å². The number of nitrogens with zero attached hydrogens (tertiary/aromatic N) is 1. The van der Waals surface area contributed by atoms with Gasteiger partial charge in [0.05, 0.1) is 0 Å². The Morgan fingerprint density at radius 3 is 1.90 bits per heavy atom. The monoisotopic (exact) mass is 144 g/mol. The smallest absolute Gasteiger partial charge is 0.182 e. The molecule has 56 valence electrons.